The summed E-state index contributed by atoms with van der Waals surface area (Å²) in [7, 11) is -0.453. The largest absolute Gasteiger partial charge is 0.494 e. The molecular weight excluding hydrogens is 376 g/mol. The lowest BCUT2D eigenvalue weighted by Crippen LogP contribution is -2.41. The highest BCUT2D eigenvalue weighted by atomic mass is 32.2. The topological polar surface area (TPSA) is 39.7 Å². The molecule has 0 saturated carbocycles. The number of halogens is 1. The molecule has 0 spiro atoms. The van der Waals surface area contributed by atoms with Crippen molar-refractivity contribution in [2.24, 2.45) is 0 Å². The predicted molar refractivity (Wildman–Crippen MR) is 115 cm³/mol. The summed E-state index contributed by atoms with van der Waals surface area (Å²) in [5.41, 5.74) is 1.88. The fourth-order valence-corrected chi connectivity index (χ4v) is 3.23. The molecule has 1 N–H and O–H groups in total. The highest BCUT2D eigenvalue weighted by Gasteiger charge is 2.51. The molecule has 0 unspecified atom stereocenters. The number of nitrogens with one attached hydrogen (secondary N) is 1. The molecule has 4 nitrogen and oxygen atoms in total. The zero-order chi connectivity index (χ0) is 20.4. The highest BCUT2D eigenvalue weighted by molar-refractivity contribution is 8.00. The maximum absolute atomic E-state index is 13.1. The second-order valence-corrected chi connectivity index (χ2v) is 8.86. The normalized spacial score (nSPS) is 17.6. The van der Waals surface area contributed by atoms with Gasteiger partial charge < -0.3 is 18.8 Å². The molecule has 3 rings (SSSR count). The Morgan fingerprint density at radius 1 is 1.04 bits per heavy atom. The van der Waals surface area contributed by atoms with Gasteiger partial charge in [-0.25, -0.2) is 4.39 Å². The lowest BCUT2D eigenvalue weighted by molar-refractivity contribution is 0.00578. The first-order chi connectivity index (χ1) is 13.2. The van der Waals surface area contributed by atoms with Crippen LogP contribution in [0.25, 0.3) is 0 Å². The van der Waals surface area contributed by atoms with E-state index in [0.717, 1.165) is 22.5 Å². The third-order valence-corrected chi connectivity index (χ3v) is 5.82. The predicted octanol–water partition coefficient (Wildman–Crippen LogP) is 4.78. The van der Waals surface area contributed by atoms with E-state index in [1.165, 1.54) is 12.1 Å². The Kier molecular flexibility index (Phi) is 6.27. The van der Waals surface area contributed by atoms with Crippen molar-refractivity contribution < 1.29 is 18.4 Å². The summed E-state index contributed by atoms with van der Waals surface area (Å²) in [5, 5.41) is 0. The summed E-state index contributed by atoms with van der Waals surface area (Å²) >= 11 is 1.59. The molecule has 2 aromatic rings. The van der Waals surface area contributed by atoms with Crippen LogP contribution in [0.4, 0.5) is 10.1 Å². The Morgan fingerprint density at radius 2 is 1.68 bits per heavy atom. The summed E-state index contributed by atoms with van der Waals surface area (Å²) in [6.45, 7) is 10.6. The minimum atomic E-state index is -0.453. The van der Waals surface area contributed by atoms with E-state index >= 15 is 0 Å². The molecular formula is C21H27BFNO3S. The molecule has 0 atom stereocenters. The van der Waals surface area contributed by atoms with Crippen LogP contribution in [0.5, 0.6) is 5.75 Å². The molecule has 0 radical (unpaired) electrons. The van der Waals surface area contributed by atoms with E-state index in [2.05, 4.69) is 11.6 Å². The van der Waals surface area contributed by atoms with Crippen molar-refractivity contribution in [1.29, 1.82) is 0 Å². The Morgan fingerprint density at radius 3 is 2.29 bits per heavy atom. The molecule has 0 amide bonds. The van der Waals surface area contributed by atoms with Gasteiger partial charge in [0, 0.05) is 5.75 Å². The third-order valence-electron chi connectivity index (χ3n) is 5.17. The van der Waals surface area contributed by atoms with Gasteiger partial charge in [0.2, 0.25) is 0 Å². The van der Waals surface area contributed by atoms with Crippen molar-refractivity contribution in [2.75, 3.05) is 10.5 Å². The average Bonchev–Trinajstić information content (AvgIpc) is 2.87. The van der Waals surface area contributed by atoms with Gasteiger partial charge in [-0.15, -0.1) is 0 Å². The van der Waals surface area contributed by atoms with Gasteiger partial charge in [0.15, 0.2) is 0 Å². The second-order valence-electron chi connectivity index (χ2n) is 7.79. The standard InChI is InChI=1S/C21H27BFNO3S/c1-6-28-24-18-12-9-16(22-26-20(2,3)21(4,5)27-22)13-19(18)25-14-15-7-10-17(23)11-8-15/h7-13,24H,6,14H2,1-5H3. The minimum Gasteiger partial charge on any atom is -0.487 e. The highest BCUT2D eigenvalue weighted by Crippen LogP contribution is 2.37. The van der Waals surface area contributed by atoms with Gasteiger partial charge in [0.1, 0.15) is 18.2 Å². The molecule has 150 valence electrons. The average molecular weight is 403 g/mol. The maximum Gasteiger partial charge on any atom is 0.494 e. The molecule has 2 aromatic carbocycles. The molecule has 0 aromatic heterocycles. The molecule has 0 bridgehead atoms. The van der Waals surface area contributed by atoms with Crippen molar-refractivity contribution in [1.82, 2.24) is 0 Å². The van der Waals surface area contributed by atoms with Crippen molar-refractivity contribution in [3.05, 3.63) is 53.8 Å². The molecule has 0 aliphatic carbocycles. The zero-order valence-electron chi connectivity index (χ0n) is 17.0. The van der Waals surface area contributed by atoms with Crippen LogP contribution in [0.2, 0.25) is 0 Å². The number of ether oxygens (including phenoxy) is 1. The first kappa shape index (κ1) is 21.0. The van der Waals surface area contributed by atoms with Gasteiger partial charge in [-0.2, -0.15) is 0 Å². The summed E-state index contributed by atoms with van der Waals surface area (Å²) in [6, 6.07) is 12.2. The van der Waals surface area contributed by atoms with Gasteiger partial charge in [-0.1, -0.05) is 37.1 Å². The zero-order valence-corrected chi connectivity index (χ0v) is 17.9. The van der Waals surface area contributed by atoms with Crippen LogP contribution in [-0.2, 0) is 15.9 Å². The molecule has 1 aliphatic rings. The van der Waals surface area contributed by atoms with Crippen molar-refractivity contribution in [3.8, 4) is 5.75 Å². The van der Waals surface area contributed by atoms with Crippen LogP contribution in [-0.4, -0.2) is 24.1 Å². The van der Waals surface area contributed by atoms with Gasteiger partial charge in [-0.05, 0) is 63.0 Å². The molecule has 1 heterocycles. The van der Waals surface area contributed by atoms with Crippen LogP contribution in [0.1, 0.15) is 40.2 Å². The molecule has 1 saturated heterocycles. The molecule has 28 heavy (non-hydrogen) atoms. The minimum absolute atomic E-state index is 0.256. The van der Waals surface area contributed by atoms with E-state index in [4.69, 9.17) is 14.0 Å². The molecule has 1 aliphatic heterocycles. The second kappa shape index (κ2) is 8.35. The van der Waals surface area contributed by atoms with Crippen molar-refractivity contribution >= 4 is 30.2 Å². The summed E-state index contributed by atoms with van der Waals surface area (Å²) < 4.78 is 34.8. The quantitative estimate of drug-likeness (QED) is 0.532. The summed E-state index contributed by atoms with van der Waals surface area (Å²) in [5.74, 6) is 1.38. The lowest BCUT2D eigenvalue weighted by atomic mass is 9.79. The molecule has 1 fully saturated rings. The Hall–Kier alpha value is -1.70. The first-order valence-corrected chi connectivity index (χ1v) is 10.4. The number of benzene rings is 2. The van der Waals surface area contributed by atoms with E-state index in [-0.39, 0.29) is 5.82 Å². The number of hydrogen-bond acceptors (Lipinski definition) is 5. The summed E-state index contributed by atoms with van der Waals surface area (Å²) in [4.78, 5) is 0. The van der Waals surface area contributed by atoms with Crippen LogP contribution in [0.15, 0.2) is 42.5 Å². The SMILES string of the molecule is CCSNc1ccc(B2OC(C)(C)C(C)(C)O2)cc1OCc1ccc(F)cc1. The van der Waals surface area contributed by atoms with Crippen LogP contribution >= 0.6 is 11.9 Å². The lowest BCUT2D eigenvalue weighted by Gasteiger charge is -2.32. The van der Waals surface area contributed by atoms with E-state index in [1.54, 1.807) is 24.1 Å². The van der Waals surface area contributed by atoms with E-state index < -0.39 is 18.3 Å². The molecule has 7 heteroatoms. The Bertz CT molecular complexity index is 798. The first-order valence-electron chi connectivity index (χ1n) is 9.46. The van der Waals surface area contributed by atoms with E-state index in [1.807, 2.05) is 45.9 Å². The maximum atomic E-state index is 13.1. The number of hydrogen-bond donors (Lipinski definition) is 1. The monoisotopic (exact) mass is 403 g/mol. The van der Waals surface area contributed by atoms with Crippen LogP contribution in [0.3, 0.4) is 0 Å². The smallest absolute Gasteiger partial charge is 0.487 e. The number of anilines is 1. The van der Waals surface area contributed by atoms with Gasteiger partial charge >= 0.3 is 7.12 Å². The van der Waals surface area contributed by atoms with Gasteiger partial charge in [0.05, 0.1) is 16.9 Å². The van der Waals surface area contributed by atoms with E-state index in [9.17, 15) is 4.39 Å². The van der Waals surface area contributed by atoms with Crippen LogP contribution < -0.4 is 14.9 Å². The van der Waals surface area contributed by atoms with Gasteiger partial charge in [-0.3, -0.25) is 0 Å². The summed E-state index contributed by atoms with van der Waals surface area (Å²) in [6.07, 6.45) is 0. The Labute approximate surface area is 171 Å². The van der Waals surface area contributed by atoms with Crippen LogP contribution in [0, 0.1) is 5.82 Å². The fraction of sp³-hybridized carbons (Fsp3) is 0.429. The fourth-order valence-electron chi connectivity index (χ4n) is 2.76. The number of rotatable bonds is 7. The Balaban J connectivity index is 1.81. The third kappa shape index (κ3) is 4.65. The van der Waals surface area contributed by atoms with Gasteiger partial charge in [0.25, 0.3) is 0 Å². The van der Waals surface area contributed by atoms with E-state index in [0.29, 0.717) is 12.4 Å². The van der Waals surface area contributed by atoms with Crippen molar-refractivity contribution in [2.45, 2.75) is 52.4 Å². The van der Waals surface area contributed by atoms with Crippen molar-refractivity contribution in [3.63, 3.8) is 0 Å².